The standard InChI is InChI=1S/C21H19F3N4O/c22-21(23,24)17-7-6-14(11-25-17)18-27-19(28-29-18)20(8-9-20)12-26-16-10-15(16)13-4-2-1-3-5-13/h1-7,11,15-16,26H,8-10,12H2/t15-,16+/m1/s1. The van der Waals surface area contributed by atoms with Crippen LogP contribution in [0.25, 0.3) is 11.5 Å². The van der Waals surface area contributed by atoms with Crippen LogP contribution in [0.15, 0.2) is 53.2 Å². The van der Waals surface area contributed by atoms with E-state index in [0.717, 1.165) is 38.1 Å². The van der Waals surface area contributed by atoms with Crippen LogP contribution in [-0.4, -0.2) is 27.7 Å². The van der Waals surface area contributed by atoms with Gasteiger partial charge in [-0.15, -0.1) is 0 Å². The van der Waals surface area contributed by atoms with Crippen molar-refractivity contribution in [3.05, 3.63) is 65.7 Å². The zero-order chi connectivity index (χ0) is 20.1. The number of aromatic nitrogens is 3. The molecule has 1 N–H and O–H groups in total. The lowest BCUT2D eigenvalue weighted by molar-refractivity contribution is -0.141. The first kappa shape index (κ1) is 18.3. The largest absolute Gasteiger partial charge is 0.433 e. The third-order valence-corrected chi connectivity index (χ3v) is 5.78. The van der Waals surface area contributed by atoms with Gasteiger partial charge in [-0.3, -0.25) is 4.98 Å². The van der Waals surface area contributed by atoms with E-state index in [1.807, 2.05) is 6.07 Å². The van der Waals surface area contributed by atoms with E-state index in [2.05, 4.69) is 44.7 Å². The Labute approximate surface area is 165 Å². The molecule has 2 heterocycles. The number of alkyl halides is 3. The van der Waals surface area contributed by atoms with E-state index < -0.39 is 11.9 Å². The molecular formula is C21H19F3N4O. The summed E-state index contributed by atoms with van der Waals surface area (Å²) in [6, 6.07) is 13.1. The first-order valence-electron chi connectivity index (χ1n) is 9.61. The lowest BCUT2D eigenvalue weighted by atomic mass is 10.1. The molecule has 150 valence electrons. The van der Waals surface area contributed by atoms with Crippen molar-refractivity contribution in [3.8, 4) is 11.5 Å². The van der Waals surface area contributed by atoms with Crippen molar-refractivity contribution >= 4 is 0 Å². The second-order valence-corrected chi connectivity index (χ2v) is 7.87. The molecule has 0 radical (unpaired) electrons. The SMILES string of the molecule is FC(F)(F)c1ccc(-c2nc(C3(CN[C@H]4C[C@@H]4c4ccccc4)CC3)no2)cn1. The minimum Gasteiger partial charge on any atom is -0.334 e. The molecule has 0 aliphatic heterocycles. The molecule has 2 saturated carbocycles. The summed E-state index contributed by atoms with van der Waals surface area (Å²) in [5.74, 6) is 1.35. The maximum atomic E-state index is 12.7. The highest BCUT2D eigenvalue weighted by atomic mass is 19.4. The molecular weight excluding hydrogens is 381 g/mol. The van der Waals surface area contributed by atoms with Crippen molar-refractivity contribution in [2.24, 2.45) is 0 Å². The molecule has 8 heteroatoms. The molecule has 2 aliphatic rings. The van der Waals surface area contributed by atoms with E-state index in [9.17, 15) is 13.2 Å². The van der Waals surface area contributed by atoms with Gasteiger partial charge in [-0.05, 0) is 37.0 Å². The highest BCUT2D eigenvalue weighted by Crippen LogP contribution is 2.48. The summed E-state index contributed by atoms with van der Waals surface area (Å²) in [5, 5.41) is 7.72. The van der Waals surface area contributed by atoms with Gasteiger partial charge in [0.25, 0.3) is 5.89 Å². The summed E-state index contributed by atoms with van der Waals surface area (Å²) >= 11 is 0. The van der Waals surface area contributed by atoms with Crippen LogP contribution in [0.3, 0.4) is 0 Å². The maximum Gasteiger partial charge on any atom is 0.433 e. The molecule has 5 rings (SSSR count). The Morgan fingerprint density at radius 2 is 1.90 bits per heavy atom. The Morgan fingerprint density at radius 3 is 2.55 bits per heavy atom. The molecule has 2 aromatic heterocycles. The lowest BCUT2D eigenvalue weighted by Crippen LogP contribution is -2.30. The number of rotatable bonds is 6. The third-order valence-electron chi connectivity index (χ3n) is 5.78. The van der Waals surface area contributed by atoms with Crippen LogP contribution in [-0.2, 0) is 11.6 Å². The summed E-state index contributed by atoms with van der Waals surface area (Å²) in [6.07, 6.45) is -0.302. The highest BCUT2D eigenvalue weighted by Gasteiger charge is 2.50. The molecule has 3 aromatic rings. The Balaban J connectivity index is 1.23. The van der Waals surface area contributed by atoms with Gasteiger partial charge in [0.2, 0.25) is 0 Å². The van der Waals surface area contributed by atoms with Crippen LogP contribution in [0, 0.1) is 0 Å². The van der Waals surface area contributed by atoms with Crippen LogP contribution >= 0.6 is 0 Å². The van der Waals surface area contributed by atoms with Crippen LogP contribution in [0.4, 0.5) is 13.2 Å². The number of halogens is 3. The van der Waals surface area contributed by atoms with E-state index in [4.69, 9.17) is 4.52 Å². The van der Waals surface area contributed by atoms with Crippen molar-refractivity contribution in [1.29, 1.82) is 0 Å². The van der Waals surface area contributed by atoms with Gasteiger partial charge in [-0.25, -0.2) is 0 Å². The van der Waals surface area contributed by atoms with E-state index >= 15 is 0 Å². The van der Waals surface area contributed by atoms with Gasteiger partial charge in [0.05, 0.1) is 5.56 Å². The quantitative estimate of drug-likeness (QED) is 0.667. The predicted octanol–water partition coefficient (Wildman–Crippen LogP) is 4.33. The van der Waals surface area contributed by atoms with Crippen LogP contribution in [0.1, 0.15) is 42.3 Å². The topological polar surface area (TPSA) is 63.8 Å². The maximum absolute atomic E-state index is 12.7. The molecule has 0 unspecified atom stereocenters. The monoisotopic (exact) mass is 400 g/mol. The highest BCUT2D eigenvalue weighted by molar-refractivity contribution is 5.51. The number of nitrogens with one attached hydrogen (secondary N) is 1. The first-order valence-corrected chi connectivity index (χ1v) is 9.61. The van der Waals surface area contributed by atoms with Crippen molar-refractivity contribution in [1.82, 2.24) is 20.4 Å². The summed E-state index contributed by atoms with van der Waals surface area (Å²) in [5.41, 5.74) is 0.643. The van der Waals surface area contributed by atoms with Gasteiger partial charge >= 0.3 is 6.18 Å². The second-order valence-electron chi connectivity index (χ2n) is 7.87. The van der Waals surface area contributed by atoms with Crippen molar-refractivity contribution in [3.63, 3.8) is 0 Å². The lowest BCUT2D eigenvalue weighted by Gasteiger charge is -2.12. The molecule has 0 amide bonds. The van der Waals surface area contributed by atoms with Crippen LogP contribution in [0.5, 0.6) is 0 Å². The summed E-state index contributed by atoms with van der Waals surface area (Å²) in [4.78, 5) is 7.90. The summed E-state index contributed by atoms with van der Waals surface area (Å²) in [7, 11) is 0. The van der Waals surface area contributed by atoms with Crippen molar-refractivity contribution in [2.75, 3.05) is 6.54 Å². The van der Waals surface area contributed by atoms with E-state index in [1.54, 1.807) is 0 Å². The second kappa shape index (κ2) is 6.66. The van der Waals surface area contributed by atoms with E-state index in [0.29, 0.717) is 23.3 Å². The molecule has 0 saturated heterocycles. The molecule has 2 aliphatic carbocycles. The van der Waals surface area contributed by atoms with E-state index in [-0.39, 0.29) is 11.3 Å². The summed E-state index contributed by atoms with van der Waals surface area (Å²) in [6.45, 7) is 0.769. The van der Waals surface area contributed by atoms with Crippen LogP contribution < -0.4 is 5.32 Å². The molecule has 1 aromatic carbocycles. The van der Waals surface area contributed by atoms with Crippen molar-refractivity contribution in [2.45, 2.75) is 42.8 Å². The number of pyridine rings is 1. The molecule has 5 nitrogen and oxygen atoms in total. The normalized spacial score (nSPS) is 22.4. The fourth-order valence-electron chi connectivity index (χ4n) is 3.69. The van der Waals surface area contributed by atoms with Gasteiger partial charge in [0, 0.05) is 30.1 Å². The van der Waals surface area contributed by atoms with E-state index in [1.165, 1.54) is 11.6 Å². The van der Waals surface area contributed by atoms with Gasteiger partial charge in [-0.2, -0.15) is 18.2 Å². The number of hydrogen-bond acceptors (Lipinski definition) is 5. The Bertz CT molecular complexity index is 997. The van der Waals surface area contributed by atoms with Crippen molar-refractivity contribution < 1.29 is 17.7 Å². The predicted molar refractivity (Wildman–Crippen MR) is 99.0 cm³/mol. The minimum absolute atomic E-state index is 0.148. The van der Waals surface area contributed by atoms with Crippen LogP contribution in [0.2, 0.25) is 0 Å². The Morgan fingerprint density at radius 1 is 1.10 bits per heavy atom. The fourth-order valence-corrected chi connectivity index (χ4v) is 3.69. The minimum atomic E-state index is -4.47. The smallest absolute Gasteiger partial charge is 0.334 e. The average molecular weight is 400 g/mol. The Kier molecular flexibility index (Phi) is 4.20. The third kappa shape index (κ3) is 3.64. The Hall–Kier alpha value is -2.74. The fraction of sp³-hybridized carbons (Fsp3) is 0.381. The number of hydrogen-bond donors (Lipinski definition) is 1. The zero-order valence-corrected chi connectivity index (χ0v) is 15.5. The summed E-state index contributed by atoms with van der Waals surface area (Å²) < 4.78 is 43.3. The van der Waals surface area contributed by atoms with Gasteiger partial charge in [-0.1, -0.05) is 35.5 Å². The number of benzene rings is 1. The van der Waals surface area contributed by atoms with Gasteiger partial charge in [0.15, 0.2) is 5.82 Å². The molecule has 0 spiro atoms. The zero-order valence-electron chi connectivity index (χ0n) is 15.5. The average Bonchev–Trinajstić information content (AvgIpc) is 3.63. The number of nitrogens with zero attached hydrogens (tertiary/aromatic N) is 3. The van der Waals surface area contributed by atoms with Gasteiger partial charge < -0.3 is 9.84 Å². The molecule has 2 atom stereocenters. The first-order chi connectivity index (χ1) is 13.9. The van der Waals surface area contributed by atoms with Gasteiger partial charge in [0.1, 0.15) is 5.69 Å². The molecule has 0 bridgehead atoms. The molecule has 2 fully saturated rings. The molecule has 29 heavy (non-hydrogen) atoms.